The van der Waals surface area contributed by atoms with E-state index in [1.807, 2.05) is 0 Å². The molecule has 4 nitrogen and oxygen atoms in total. The quantitative estimate of drug-likeness (QED) is 0.358. The van der Waals surface area contributed by atoms with E-state index in [4.69, 9.17) is 14.4 Å². The fourth-order valence-electron chi connectivity index (χ4n) is 1.98. The smallest absolute Gasteiger partial charge is 0.368 e. The van der Waals surface area contributed by atoms with Crippen molar-refractivity contribution in [1.29, 1.82) is 0 Å². The van der Waals surface area contributed by atoms with Gasteiger partial charge in [-0.2, -0.15) is 0 Å². The molecule has 0 rings (SSSR count). The van der Waals surface area contributed by atoms with Gasteiger partial charge in [-0.3, -0.25) is 0 Å². The molecular formula is C13H30O4Si. The van der Waals surface area contributed by atoms with Gasteiger partial charge in [-0.25, -0.2) is 0 Å². The summed E-state index contributed by atoms with van der Waals surface area (Å²) in [4.78, 5) is 25.8. The maximum atomic E-state index is 8.61. The van der Waals surface area contributed by atoms with Crippen LogP contribution in [-0.2, 0) is 4.43 Å². The van der Waals surface area contributed by atoms with E-state index in [1.165, 1.54) is 51.4 Å². The lowest BCUT2D eigenvalue weighted by atomic mass is 10.1. The average Bonchev–Trinajstić information content (AvgIpc) is 2.29. The van der Waals surface area contributed by atoms with Crippen molar-refractivity contribution in [3.8, 4) is 0 Å². The number of unbranched alkanes of at least 4 members (excludes halogenated alkanes) is 10. The van der Waals surface area contributed by atoms with Crippen molar-refractivity contribution < 1.29 is 18.8 Å². The predicted molar refractivity (Wildman–Crippen MR) is 74.8 cm³/mol. The third-order valence-electron chi connectivity index (χ3n) is 3.04. The van der Waals surface area contributed by atoms with E-state index in [0.717, 1.165) is 19.3 Å². The van der Waals surface area contributed by atoms with Crippen LogP contribution in [0.25, 0.3) is 0 Å². The van der Waals surface area contributed by atoms with Crippen LogP contribution in [0.4, 0.5) is 0 Å². The largest absolute Gasteiger partial charge is 0.671 e. The molecule has 0 aliphatic rings. The normalized spacial score (nSPS) is 12.0. The van der Waals surface area contributed by atoms with E-state index in [-0.39, 0.29) is 6.61 Å². The van der Waals surface area contributed by atoms with Crippen LogP contribution in [-0.4, -0.2) is 30.0 Å². The summed E-state index contributed by atoms with van der Waals surface area (Å²) in [5.74, 6) is 0. The van der Waals surface area contributed by atoms with E-state index in [1.54, 1.807) is 0 Å². The molecule has 0 spiro atoms. The summed E-state index contributed by atoms with van der Waals surface area (Å²) in [6.45, 7) is 2.48. The molecule has 0 aliphatic carbocycles. The van der Waals surface area contributed by atoms with Crippen LogP contribution in [0, 0.1) is 0 Å². The van der Waals surface area contributed by atoms with Crippen molar-refractivity contribution in [1.82, 2.24) is 0 Å². The van der Waals surface area contributed by atoms with Crippen LogP contribution < -0.4 is 0 Å². The number of hydrogen-bond donors (Lipinski definition) is 3. The molecule has 3 N–H and O–H groups in total. The third-order valence-corrected chi connectivity index (χ3v) is 3.64. The van der Waals surface area contributed by atoms with Crippen LogP contribution in [0.1, 0.15) is 77.6 Å². The van der Waals surface area contributed by atoms with Crippen molar-refractivity contribution in [3.63, 3.8) is 0 Å². The average molecular weight is 278 g/mol. The van der Waals surface area contributed by atoms with Gasteiger partial charge in [0.05, 0.1) is 0 Å². The van der Waals surface area contributed by atoms with Gasteiger partial charge in [-0.1, -0.05) is 71.1 Å². The molecule has 0 aromatic rings. The molecule has 0 radical (unpaired) electrons. The first kappa shape index (κ1) is 18.1. The van der Waals surface area contributed by atoms with E-state index in [0.29, 0.717) is 0 Å². The highest BCUT2D eigenvalue weighted by Crippen LogP contribution is 2.11. The minimum Gasteiger partial charge on any atom is -0.368 e. The Morgan fingerprint density at radius 2 is 1.06 bits per heavy atom. The second-order valence-electron chi connectivity index (χ2n) is 4.96. The van der Waals surface area contributed by atoms with E-state index in [9.17, 15) is 0 Å². The predicted octanol–water partition coefficient (Wildman–Crippen LogP) is 2.73. The van der Waals surface area contributed by atoms with Crippen LogP contribution in [0.15, 0.2) is 0 Å². The molecule has 0 aromatic carbocycles. The molecule has 0 saturated heterocycles. The Bertz CT molecular complexity index is 171. The van der Waals surface area contributed by atoms with E-state index < -0.39 is 9.05 Å². The highest BCUT2D eigenvalue weighted by molar-refractivity contribution is 6.48. The summed E-state index contributed by atoms with van der Waals surface area (Å²) in [6.07, 6.45) is 13.6. The van der Waals surface area contributed by atoms with Gasteiger partial charge in [0.2, 0.25) is 0 Å². The Hall–Kier alpha value is 0.0569. The lowest BCUT2D eigenvalue weighted by Crippen LogP contribution is -2.39. The molecule has 0 heterocycles. The molecule has 0 aliphatic heterocycles. The third kappa shape index (κ3) is 16.1. The molecule has 0 bridgehead atoms. The second-order valence-corrected chi connectivity index (χ2v) is 6.39. The van der Waals surface area contributed by atoms with Crippen molar-refractivity contribution in [2.24, 2.45) is 0 Å². The summed E-state index contributed by atoms with van der Waals surface area (Å²) in [6, 6.07) is 0. The molecular weight excluding hydrogens is 248 g/mol. The minimum atomic E-state index is -4.25. The van der Waals surface area contributed by atoms with Crippen LogP contribution in [0.3, 0.4) is 0 Å². The lowest BCUT2D eigenvalue weighted by molar-refractivity contribution is 0.0618. The molecule has 0 aromatic heterocycles. The Kier molecular flexibility index (Phi) is 12.1. The highest BCUT2D eigenvalue weighted by Gasteiger charge is 2.29. The standard InChI is InChI=1S/C13H30O4Si/c1-2-3-4-5-6-7-8-9-10-11-12-13-17-18(14,15)16/h14-16H,2-13H2,1H3. The topological polar surface area (TPSA) is 69.9 Å². The maximum Gasteiger partial charge on any atom is 0.671 e. The van der Waals surface area contributed by atoms with Crippen molar-refractivity contribution in [3.05, 3.63) is 0 Å². The molecule has 18 heavy (non-hydrogen) atoms. The van der Waals surface area contributed by atoms with E-state index >= 15 is 0 Å². The zero-order chi connectivity index (χ0) is 13.7. The summed E-state index contributed by atoms with van der Waals surface area (Å²) in [5.41, 5.74) is 0. The monoisotopic (exact) mass is 278 g/mol. The molecule has 110 valence electrons. The molecule has 0 atom stereocenters. The first-order valence-corrected chi connectivity index (χ1v) is 9.12. The van der Waals surface area contributed by atoms with Crippen LogP contribution in [0.2, 0.25) is 0 Å². The first-order chi connectivity index (χ1) is 8.56. The van der Waals surface area contributed by atoms with Crippen molar-refractivity contribution >= 4 is 9.05 Å². The number of rotatable bonds is 13. The Labute approximate surface area is 112 Å². The van der Waals surface area contributed by atoms with Crippen molar-refractivity contribution in [2.45, 2.75) is 77.6 Å². The molecule has 0 fully saturated rings. The zero-order valence-electron chi connectivity index (χ0n) is 11.7. The van der Waals surface area contributed by atoms with Gasteiger partial charge in [0.15, 0.2) is 0 Å². The van der Waals surface area contributed by atoms with Gasteiger partial charge in [0.1, 0.15) is 0 Å². The summed E-state index contributed by atoms with van der Waals surface area (Å²) in [5, 5.41) is 0. The Morgan fingerprint density at radius 3 is 1.44 bits per heavy atom. The van der Waals surface area contributed by atoms with Gasteiger partial charge in [0.25, 0.3) is 0 Å². The summed E-state index contributed by atoms with van der Waals surface area (Å²) < 4.78 is 4.52. The fraction of sp³-hybridized carbons (Fsp3) is 1.00. The van der Waals surface area contributed by atoms with Crippen molar-refractivity contribution in [2.75, 3.05) is 6.61 Å². The summed E-state index contributed by atoms with van der Waals surface area (Å²) >= 11 is 0. The summed E-state index contributed by atoms with van der Waals surface area (Å²) in [7, 11) is -4.25. The molecule has 0 amide bonds. The van der Waals surface area contributed by atoms with Gasteiger partial charge < -0.3 is 18.8 Å². The number of hydrogen-bond acceptors (Lipinski definition) is 4. The fourth-order valence-corrected chi connectivity index (χ4v) is 2.39. The minimum absolute atomic E-state index is 0.243. The molecule has 0 unspecified atom stereocenters. The lowest BCUT2D eigenvalue weighted by Gasteiger charge is -2.09. The first-order valence-electron chi connectivity index (χ1n) is 7.37. The van der Waals surface area contributed by atoms with Gasteiger partial charge in [-0.05, 0) is 6.42 Å². The van der Waals surface area contributed by atoms with Crippen LogP contribution >= 0.6 is 0 Å². The maximum absolute atomic E-state index is 8.61. The Balaban J connectivity index is 2.99. The SMILES string of the molecule is CCCCCCCCCCCCCO[Si](O)(O)O. The molecule has 5 heteroatoms. The Morgan fingerprint density at radius 1 is 0.667 bits per heavy atom. The molecule has 0 saturated carbocycles. The van der Waals surface area contributed by atoms with Gasteiger partial charge in [-0.15, -0.1) is 0 Å². The highest BCUT2D eigenvalue weighted by atomic mass is 28.4. The second kappa shape index (κ2) is 12.1. The van der Waals surface area contributed by atoms with E-state index in [2.05, 4.69) is 11.3 Å². The zero-order valence-corrected chi connectivity index (χ0v) is 12.7. The van der Waals surface area contributed by atoms with Gasteiger partial charge >= 0.3 is 9.05 Å². The van der Waals surface area contributed by atoms with Gasteiger partial charge in [0, 0.05) is 6.61 Å². The van der Waals surface area contributed by atoms with Crippen LogP contribution in [0.5, 0.6) is 0 Å².